The van der Waals surface area contributed by atoms with Crippen molar-refractivity contribution in [3.05, 3.63) is 65.5 Å². The quantitative estimate of drug-likeness (QED) is 0.757. The van der Waals surface area contributed by atoms with Gasteiger partial charge in [-0.05, 0) is 92.4 Å². The van der Waals surface area contributed by atoms with Gasteiger partial charge in [0.1, 0.15) is 0 Å². The minimum Gasteiger partial charge on any atom is -0.398 e. The van der Waals surface area contributed by atoms with Crippen molar-refractivity contribution in [2.24, 2.45) is 5.92 Å². The highest BCUT2D eigenvalue weighted by molar-refractivity contribution is 5.76. The van der Waals surface area contributed by atoms with Gasteiger partial charge in [-0.2, -0.15) is 0 Å². The number of pyridine rings is 1. The summed E-state index contributed by atoms with van der Waals surface area (Å²) in [6.45, 7) is 5.58. The first-order chi connectivity index (χ1) is 13.2. The monoisotopic (exact) mass is 361 g/mol. The summed E-state index contributed by atoms with van der Waals surface area (Å²) in [6, 6.07) is 12.9. The predicted octanol–water partition coefficient (Wildman–Crippen LogP) is 5.25. The summed E-state index contributed by atoms with van der Waals surface area (Å²) in [5, 5.41) is 0. The Bertz CT molecular complexity index is 789. The Hall–Kier alpha value is -2.13. The Kier molecular flexibility index (Phi) is 5.58. The smallest absolute Gasteiger partial charge is 0.0543 e. The van der Waals surface area contributed by atoms with Crippen LogP contribution in [-0.4, -0.2) is 23.0 Å². The number of hydrogen-bond donors (Lipinski definition) is 1. The molecule has 0 amide bonds. The van der Waals surface area contributed by atoms with Gasteiger partial charge in [-0.1, -0.05) is 25.1 Å². The van der Waals surface area contributed by atoms with Crippen molar-refractivity contribution < 1.29 is 0 Å². The Morgan fingerprint density at radius 1 is 1.11 bits per heavy atom. The summed E-state index contributed by atoms with van der Waals surface area (Å²) >= 11 is 0. The number of hydrogen-bond acceptors (Lipinski definition) is 3. The topological polar surface area (TPSA) is 42.2 Å². The Morgan fingerprint density at radius 2 is 1.96 bits per heavy atom. The van der Waals surface area contributed by atoms with Crippen LogP contribution in [0.1, 0.15) is 61.8 Å². The summed E-state index contributed by atoms with van der Waals surface area (Å²) < 4.78 is 0. The van der Waals surface area contributed by atoms with Crippen molar-refractivity contribution in [3.8, 4) is 0 Å². The molecule has 1 aromatic carbocycles. The number of nitrogen functional groups attached to an aromatic ring is 1. The van der Waals surface area contributed by atoms with E-state index in [0.717, 1.165) is 37.7 Å². The molecule has 1 fully saturated rings. The van der Waals surface area contributed by atoms with Crippen LogP contribution in [-0.2, 0) is 6.54 Å². The zero-order valence-corrected chi connectivity index (χ0v) is 16.4. The van der Waals surface area contributed by atoms with Crippen molar-refractivity contribution in [2.75, 3.05) is 18.8 Å². The fourth-order valence-corrected chi connectivity index (χ4v) is 4.46. The van der Waals surface area contributed by atoms with Gasteiger partial charge >= 0.3 is 0 Å². The molecule has 27 heavy (non-hydrogen) atoms. The average Bonchev–Trinajstić information content (AvgIpc) is 2.71. The first kappa shape index (κ1) is 18.2. The third-order valence-electron chi connectivity index (χ3n) is 6.27. The highest BCUT2D eigenvalue weighted by Crippen LogP contribution is 2.36. The van der Waals surface area contributed by atoms with Gasteiger partial charge in [-0.25, -0.2) is 0 Å². The average molecular weight is 362 g/mol. The highest BCUT2D eigenvalue weighted by Gasteiger charge is 2.22. The maximum atomic E-state index is 6.34. The second-order valence-electron chi connectivity index (χ2n) is 8.33. The standard InChI is InChI=1S/C24H31N3/c1-18-5-7-20(8-6-18)23-16-21(9-10-24(23)25)19-11-14-27(15-12-19)17-22-4-2-3-13-26-22/h2-4,7,9-10,13,16,18-19H,5-6,8,11-12,14-15,17,25H2,1H3. The Morgan fingerprint density at radius 3 is 2.67 bits per heavy atom. The molecular weight excluding hydrogens is 330 g/mol. The second kappa shape index (κ2) is 8.26. The first-order valence-electron chi connectivity index (χ1n) is 10.4. The van der Waals surface area contributed by atoms with Crippen LogP contribution in [0.3, 0.4) is 0 Å². The van der Waals surface area contributed by atoms with E-state index in [1.807, 2.05) is 12.3 Å². The highest BCUT2D eigenvalue weighted by atomic mass is 15.1. The maximum Gasteiger partial charge on any atom is 0.0543 e. The van der Waals surface area contributed by atoms with Crippen LogP contribution in [0.4, 0.5) is 5.69 Å². The van der Waals surface area contributed by atoms with Gasteiger partial charge in [-0.3, -0.25) is 9.88 Å². The van der Waals surface area contributed by atoms with Crippen molar-refractivity contribution >= 4 is 11.3 Å². The van der Waals surface area contributed by atoms with Gasteiger partial charge in [0, 0.05) is 24.0 Å². The van der Waals surface area contributed by atoms with Crippen molar-refractivity contribution in [1.29, 1.82) is 0 Å². The number of aromatic nitrogens is 1. The van der Waals surface area contributed by atoms with E-state index in [9.17, 15) is 0 Å². The second-order valence-corrected chi connectivity index (χ2v) is 8.33. The van der Waals surface area contributed by atoms with Crippen LogP contribution >= 0.6 is 0 Å². The molecule has 1 aromatic heterocycles. The molecule has 1 aliphatic heterocycles. The molecule has 142 valence electrons. The number of piperidine rings is 1. The third kappa shape index (κ3) is 4.41. The normalized spacial score (nSPS) is 21.8. The number of allylic oxidation sites excluding steroid dienone is 2. The van der Waals surface area contributed by atoms with Crippen LogP contribution < -0.4 is 5.73 Å². The zero-order valence-electron chi connectivity index (χ0n) is 16.4. The van der Waals surface area contributed by atoms with Crippen LogP contribution in [0, 0.1) is 5.92 Å². The van der Waals surface area contributed by atoms with E-state index in [1.54, 1.807) is 0 Å². The molecule has 1 unspecified atom stereocenters. The maximum absolute atomic E-state index is 6.34. The molecule has 3 heteroatoms. The van der Waals surface area contributed by atoms with E-state index in [2.05, 4.69) is 53.2 Å². The molecule has 2 aromatic rings. The number of rotatable bonds is 4. The fraction of sp³-hybridized carbons (Fsp3) is 0.458. The Labute approximate surface area is 163 Å². The zero-order chi connectivity index (χ0) is 18.6. The largest absolute Gasteiger partial charge is 0.398 e. The van der Waals surface area contributed by atoms with Gasteiger partial charge in [0.05, 0.1) is 5.69 Å². The molecule has 0 bridgehead atoms. The lowest BCUT2D eigenvalue weighted by Gasteiger charge is -2.32. The summed E-state index contributed by atoms with van der Waals surface area (Å²) in [4.78, 5) is 7.00. The number of anilines is 1. The molecule has 1 saturated heterocycles. The minimum atomic E-state index is 0.646. The number of likely N-dealkylation sites (tertiary alicyclic amines) is 1. The van der Waals surface area contributed by atoms with E-state index >= 15 is 0 Å². The molecule has 0 radical (unpaired) electrons. The van der Waals surface area contributed by atoms with E-state index < -0.39 is 0 Å². The molecule has 2 aliphatic rings. The Balaban J connectivity index is 1.42. The van der Waals surface area contributed by atoms with Gasteiger partial charge in [0.2, 0.25) is 0 Å². The number of nitrogens with two attached hydrogens (primary N) is 1. The molecule has 4 rings (SSSR count). The number of nitrogens with zero attached hydrogens (tertiary/aromatic N) is 2. The van der Waals surface area contributed by atoms with Crippen molar-refractivity contribution in [1.82, 2.24) is 9.88 Å². The first-order valence-corrected chi connectivity index (χ1v) is 10.4. The molecule has 2 heterocycles. The van der Waals surface area contributed by atoms with Gasteiger partial charge < -0.3 is 5.73 Å². The fourth-order valence-electron chi connectivity index (χ4n) is 4.46. The number of benzene rings is 1. The van der Waals surface area contributed by atoms with Crippen LogP contribution in [0.5, 0.6) is 0 Å². The van der Waals surface area contributed by atoms with E-state index in [0.29, 0.717) is 5.92 Å². The lowest BCUT2D eigenvalue weighted by Crippen LogP contribution is -2.32. The van der Waals surface area contributed by atoms with Crippen molar-refractivity contribution in [3.63, 3.8) is 0 Å². The molecule has 1 aliphatic carbocycles. The molecular formula is C24H31N3. The summed E-state index contributed by atoms with van der Waals surface area (Å²) in [6.07, 6.45) is 10.4. The predicted molar refractivity (Wildman–Crippen MR) is 113 cm³/mol. The van der Waals surface area contributed by atoms with E-state index in [-0.39, 0.29) is 0 Å². The third-order valence-corrected chi connectivity index (χ3v) is 6.27. The van der Waals surface area contributed by atoms with Gasteiger partial charge in [0.25, 0.3) is 0 Å². The SMILES string of the molecule is CC1CC=C(c2cc(C3CCN(Cc4ccccn4)CC3)ccc2N)CC1. The van der Waals surface area contributed by atoms with Gasteiger partial charge in [0.15, 0.2) is 0 Å². The van der Waals surface area contributed by atoms with Crippen LogP contribution in [0.25, 0.3) is 5.57 Å². The lowest BCUT2D eigenvalue weighted by atomic mass is 9.84. The van der Waals surface area contributed by atoms with E-state index in [4.69, 9.17) is 5.73 Å². The molecule has 2 N–H and O–H groups in total. The summed E-state index contributed by atoms with van der Waals surface area (Å²) in [7, 11) is 0. The lowest BCUT2D eigenvalue weighted by molar-refractivity contribution is 0.202. The summed E-state index contributed by atoms with van der Waals surface area (Å²) in [5.74, 6) is 1.45. The molecule has 3 nitrogen and oxygen atoms in total. The minimum absolute atomic E-state index is 0.646. The van der Waals surface area contributed by atoms with Gasteiger partial charge in [-0.15, -0.1) is 0 Å². The van der Waals surface area contributed by atoms with Crippen LogP contribution in [0.2, 0.25) is 0 Å². The van der Waals surface area contributed by atoms with Crippen LogP contribution in [0.15, 0.2) is 48.7 Å². The summed E-state index contributed by atoms with van der Waals surface area (Å²) in [5.41, 5.74) is 12.7. The molecule has 1 atom stereocenters. The molecule has 0 saturated carbocycles. The van der Waals surface area contributed by atoms with E-state index in [1.165, 1.54) is 48.1 Å². The van der Waals surface area contributed by atoms with Crippen molar-refractivity contribution in [2.45, 2.75) is 51.5 Å². The molecule has 0 spiro atoms.